The third-order valence-corrected chi connectivity index (χ3v) is 4.52. The van der Waals surface area contributed by atoms with Gasteiger partial charge in [-0.05, 0) is 64.9 Å². The number of carbonyl (C=O) groups excluding carboxylic acids is 1. The molecule has 1 saturated heterocycles. The molecular weight excluding hydrogens is 306 g/mol. The van der Waals surface area contributed by atoms with Crippen molar-refractivity contribution in [3.05, 3.63) is 29.8 Å². The molecule has 0 saturated carbocycles. The van der Waals surface area contributed by atoms with Crippen molar-refractivity contribution in [3.8, 4) is 0 Å². The van der Waals surface area contributed by atoms with Crippen LogP contribution in [0.2, 0.25) is 0 Å². The van der Waals surface area contributed by atoms with E-state index in [9.17, 15) is 4.79 Å². The largest absolute Gasteiger partial charge is 0.358 e. The highest BCUT2D eigenvalue weighted by molar-refractivity contribution is 7.80. The van der Waals surface area contributed by atoms with E-state index in [-0.39, 0.29) is 11.4 Å². The van der Waals surface area contributed by atoms with E-state index in [1.165, 1.54) is 5.56 Å². The highest BCUT2D eigenvalue weighted by Gasteiger charge is 2.32. The second-order valence-corrected chi connectivity index (χ2v) is 7.47. The summed E-state index contributed by atoms with van der Waals surface area (Å²) in [6.45, 7) is 9.37. The van der Waals surface area contributed by atoms with Crippen molar-refractivity contribution in [1.29, 1.82) is 0 Å². The number of benzene rings is 1. The van der Waals surface area contributed by atoms with E-state index in [2.05, 4.69) is 36.3 Å². The highest BCUT2D eigenvalue weighted by Crippen LogP contribution is 2.22. The van der Waals surface area contributed by atoms with Gasteiger partial charge in [0.2, 0.25) is 5.91 Å². The third-order valence-electron chi connectivity index (χ3n) is 4.18. The molecule has 0 unspecified atom stereocenters. The van der Waals surface area contributed by atoms with Crippen molar-refractivity contribution < 1.29 is 4.79 Å². The van der Waals surface area contributed by atoms with Gasteiger partial charge in [0, 0.05) is 30.2 Å². The van der Waals surface area contributed by atoms with E-state index in [4.69, 9.17) is 12.2 Å². The first kappa shape index (κ1) is 17.7. The molecule has 126 valence electrons. The Morgan fingerprint density at radius 2 is 2.04 bits per heavy atom. The molecule has 1 aromatic carbocycles. The molecule has 0 aliphatic carbocycles. The molecule has 1 fully saturated rings. The molecule has 23 heavy (non-hydrogen) atoms. The van der Waals surface area contributed by atoms with Gasteiger partial charge in [0.25, 0.3) is 0 Å². The Balaban J connectivity index is 1.77. The maximum atomic E-state index is 12.0. The third kappa shape index (κ3) is 5.20. The van der Waals surface area contributed by atoms with Gasteiger partial charge in [-0.1, -0.05) is 17.7 Å². The van der Waals surface area contributed by atoms with E-state index in [0.29, 0.717) is 12.5 Å². The monoisotopic (exact) mass is 333 g/mol. The molecule has 0 radical (unpaired) electrons. The van der Waals surface area contributed by atoms with E-state index in [1.807, 2.05) is 31.2 Å². The standard InChI is InChI=1S/C18H27N3OS/c1-13-7-9-15(10-8-13)19-16(22)6-5-11-21-14(2)12-18(3,4)20-17(21)23/h7-10,14H,5-6,11-12H2,1-4H3,(H,19,22)(H,20,23)/t14-/m0/s1. The number of anilines is 1. The lowest BCUT2D eigenvalue weighted by Gasteiger charge is -2.44. The molecule has 1 aliphatic heterocycles. The van der Waals surface area contributed by atoms with E-state index in [1.54, 1.807) is 0 Å². The van der Waals surface area contributed by atoms with Crippen LogP contribution in [0.15, 0.2) is 24.3 Å². The van der Waals surface area contributed by atoms with Crippen LogP contribution in [0.25, 0.3) is 0 Å². The number of nitrogens with zero attached hydrogens (tertiary/aromatic N) is 1. The molecule has 2 rings (SSSR count). The van der Waals surface area contributed by atoms with Gasteiger partial charge in [0.05, 0.1) is 0 Å². The normalized spacial score (nSPS) is 20.1. The minimum absolute atomic E-state index is 0.0514. The predicted octanol–water partition coefficient (Wildman–Crippen LogP) is 3.46. The number of rotatable bonds is 5. The highest BCUT2D eigenvalue weighted by atomic mass is 32.1. The molecule has 1 atom stereocenters. The number of thiocarbonyl (C=S) groups is 1. The summed E-state index contributed by atoms with van der Waals surface area (Å²) < 4.78 is 0. The average molecular weight is 334 g/mol. The van der Waals surface area contributed by atoms with Crippen molar-refractivity contribution in [2.75, 3.05) is 11.9 Å². The first-order valence-electron chi connectivity index (χ1n) is 8.22. The number of hydrogen-bond donors (Lipinski definition) is 2. The fourth-order valence-electron chi connectivity index (χ4n) is 3.05. The maximum Gasteiger partial charge on any atom is 0.224 e. The molecule has 2 N–H and O–H groups in total. The Morgan fingerprint density at radius 3 is 2.65 bits per heavy atom. The van der Waals surface area contributed by atoms with Crippen LogP contribution >= 0.6 is 12.2 Å². The first-order chi connectivity index (χ1) is 10.8. The topological polar surface area (TPSA) is 44.4 Å². The van der Waals surface area contributed by atoms with E-state index >= 15 is 0 Å². The van der Waals surface area contributed by atoms with Crippen molar-refractivity contribution in [2.45, 2.75) is 58.5 Å². The maximum absolute atomic E-state index is 12.0. The molecule has 1 aromatic rings. The van der Waals surface area contributed by atoms with Gasteiger partial charge in [-0.3, -0.25) is 4.79 Å². The summed E-state index contributed by atoms with van der Waals surface area (Å²) in [5.41, 5.74) is 2.09. The fraction of sp³-hybridized carbons (Fsp3) is 0.556. The zero-order chi connectivity index (χ0) is 17.0. The molecule has 0 aromatic heterocycles. The Kier molecular flexibility index (Phi) is 5.63. The van der Waals surface area contributed by atoms with Gasteiger partial charge in [0.1, 0.15) is 0 Å². The minimum Gasteiger partial charge on any atom is -0.358 e. The predicted molar refractivity (Wildman–Crippen MR) is 99.6 cm³/mol. The second kappa shape index (κ2) is 7.30. The van der Waals surface area contributed by atoms with Gasteiger partial charge in [-0.15, -0.1) is 0 Å². The molecule has 1 aliphatic rings. The number of hydrogen-bond acceptors (Lipinski definition) is 2. The van der Waals surface area contributed by atoms with Gasteiger partial charge >= 0.3 is 0 Å². The van der Waals surface area contributed by atoms with Crippen LogP contribution in [-0.2, 0) is 4.79 Å². The average Bonchev–Trinajstić information content (AvgIpc) is 2.43. The minimum atomic E-state index is 0.0514. The summed E-state index contributed by atoms with van der Waals surface area (Å²) in [5.74, 6) is 0.0534. The molecular formula is C18H27N3OS. The number of carbonyl (C=O) groups is 1. The molecule has 5 heteroatoms. The molecule has 4 nitrogen and oxygen atoms in total. The quantitative estimate of drug-likeness (QED) is 0.810. The SMILES string of the molecule is Cc1ccc(NC(=O)CCCN2C(=S)NC(C)(C)C[C@@H]2C)cc1. The Bertz CT molecular complexity index is 568. The fourth-order valence-corrected chi connectivity index (χ4v) is 3.60. The summed E-state index contributed by atoms with van der Waals surface area (Å²) in [6, 6.07) is 8.26. The zero-order valence-corrected chi connectivity index (χ0v) is 15.3. The van der Waals surface area contributed by atoms with Crippen LogP contribution in [0, 0.1) is 6.92 Å². The van der Waals surface area contributed by atoms with Crippen LogP contribution in [0.1, 0.15) is 45.6 Å². The van der Waals surface area contributed by atoms with Crippen molar-refractivity contribution in [1.82, 2.24) is 10.2 Å². The number of amides is 1. The number of aryl methyl sites for hydroxylation is 1. The summed E-state index contributed by atoms with van der Waals surface area (Å²) in [6.07, 6.45) is 2.34. The van der Waals surface area contributed by atoms with Crippen molar-refractivity contribution >= 4 is 28.9 Å². The van der Waals surface area contributed by atoms with Gasteiger partial charge < -0.3 is 15.5 Å². The molecule has 0 bridgehead atoms. The van der Waals surface area contributed by atoms with Crippen molar-refractivity contribution in [3.63, 3.8) is 0 Å². The Morgan fingerprint density at radius 1 is 1.39 bits per heavy atom. The second-order valence-electron chi connectivity index (χ2n) is 7.08. The summed E-state index contributed by atoms with van der Waals surface area (Å²) in [5, 5.41) is 7.11. The zero-order valence-electron chi connectivity index (χ0n) is 14.5. The van der Waals surface area contributed by atoms with Crippen LogP contribution < -0.4 is 10.6 Å². The Labute approximate surface area is 144 Å². The van der Waals surface area contributed by atoms with Crippen LogP contribution in [0.4, 0.5) is 5.69 Å². The lowest BCUT2D eigenvalue weighted by Crippen LogP contribution is -2.60. The lowest BCUT2D eigenvalue weighted by molar-refractivity contribution is -0.116. The van der Waals surface area contributed by atoms with Crippen molar-refractivity contribution in [2.24, 2.45) is 0 Å². The summed E-state index contributed by atoms with van der Waals surface area (Å²) in [7, 11) is 0. The van der Waals surface area contributed by atoms with Crippen LogP contribution in [-0.4, -0.2) is 34.0 Å². The summed E-state index contributed by atoms with van der Waals surface area (Å²) >= 11 is 5.46. The van der Waals surface area contributed by atoms with Gasteiger partial charge in [-0.2, -0.15) is 0 Å². The molecule has 1 amide bonds. The van der Waals surface area contributed by atoms with Gasteiger partial charge in [0.15, 0.2) is 5.11 Å². The van der Waals surface area contributed by atoms with Crippen LogP contribution in [0.5, 0.6) is 0 Å². The lowest BCUT2D eigenvalue weighted by atomic mass is 9.93. The molecule has 0 spiro atoms. The number of nitrogens with one attached hydrogen (secondary N) is 2. The first-order valence-corrected chi connectivity index (χ1v) is 8.63. The van der Waals surface area contributed by atoms with Crippen LogP contribution in [0.3, 0.4) is 0 Å². The van der Waals surface area contributed by atoms with Gasteiger partial charge in [-0.25, -0.2) is 0 Å². The molecule has 1 heterocycles. The Hall–Kier alpha value is -1.62. The van der Waals surface area contributed by atoms with E-state index in [0.717, 1.165) is 30.2 Å². The van der Waals surface area contributed by atoms with E-state index < -0.39 is 0 Å². The smallest absolute Gasteiger partial charge is 0.224 e. The summed E-state index contributed by atoms with van der Waals surface area (Å²) in [4.78, 5) is 14.2.